The van der Waals surface area contributed by atoms with Crippen LogP contribution in [0.1, 0.15) is 451 Å². The van der Waals surface area contributed by atoms with E-state index >= 15 is 0 Å². The summed E-state index contributed by atoms with van der Waals surface area (Å²) in [7, 11) is 0. The van der Waals surface area contributed by atoms with Gasteiger partial charge in [0.05, 0.1) is 24.7 Å². The first kappa shape index (κ1) is 97.7. The third kappa shape index (κ3) is 62.0. The lowest BCUT2D eigenvalue weighted by Gasteiger charge is -2.28. The van der Waals surface area contributed by atoms with Crippen LogP contribution in [0.2, 0.25) is 0 Å². The molecule has 4 aliphatic rings. The van der Waals surface area contributed by atoms with Crippen LogP contribution >= 0.6 is 0 Å². The van der Waals surface area contributed by atoms with Crippen LogP contribution in [-0.4, -0.2) is 70.5 Å². The van der Waals surface area contributed by atoms with E-state index in [4.69, 9.17) is 43.4 Å². The highest BCUT2D eigenvalue weighted by molar-refractivity contribution is 5.86. The number of carboxylic acid groups (broad SMARTS) is 4. The van der Waals surface area contributed by atoms with E-state index in [0.717, 1.165) is 73.5 Å². The van der Waals surface area contributed by atoms with Crippen molar-refractivity contribution in [3.05, 3.63) is 0 Å². The molecule has 12 N–H and O–H groups in total. The SMILES string of the molecule is CCCCC1CCC(CCCCCCCCCCN)CC1.CCCCC1CCC(CCCCCCCCCCN)CC1.CCCCC1CCC(CCCCCCCCCCN)CC1.CCCCC1CCC(CCCCCCCCCCN)CC1.O=C(O)CC(C(=O)O)C(CC(=O)O)C(=O)O. The van der Waals surface area contributed by atoms with E-state index in [-0.39, 0.29) is 0 Å². The number of aliphatic carboxylic acids is 4. The quantitative estimate of drug-likeness (QED) is 0.0265. The van der Waals surface area contributed by atoms with Gasteiger partial charge in [0.25, 0.3) is 0 Å². The average molecular weight is 1420 g/mol. The van der Waals surface area contributed by atoms with Crippen molar-refractivity contribution in [2.45, 2.75) is 451 Å². The van der Waals surface area contributed by atoms with Gasteiger partial charge in [-0.3, -0.25) is 19.2 Å². The Labute approximate surface area is 620 Å². The molecular weight excluding hydrogens is 1240 g/mol. The average Bonchev–Trinajstić information content (AvgIpc) is 0.934. The number of nitrogens with two attached hydrogens (primary N) is 4. The maximum absolute atomic E-state index is 10.6. The lowest BCUT2D eigenvalue weighted by molar-refractivity contribution is -0.160. The van der Waals surface area contributed by atoms with Crippen LogP contribution in [0.5, 0.6) is 0 Å². The second-order valence-corrected chi connectivity index (χ2v) is 32.8. The summed E-state index contributed by atoms with van der Waals surface area (Å²) in [5.74, 6) is -1.18. The molecule has 0 amide bonds. The van der Waals surface area contributed by atoms with E-state index in [1.54, 1.807) is 0 Å². The van der Waals surface area contributed by atoms with Crippen molar-refractivity contribution < 1.29 is 39.6 Å². The van der Waals surface area contributed by atoms with Gasteiger partial charge in [-0.05, 0) is 99.2 Å². The van der Waals surface area contributed by atoms with Crippen molar-refractivity contribution in [3.8, 4) is 0 Å². The first-order valence-corrected chi connectivity index (χ1v) is 44.4. The molecule has 0 aromatic carbocycles. The summed E-state index contributed by atoms with van der Waals surface area (Å²) in [5.41, 5.74) is 22.0. The number of unbranched alkanes of at least 4 members (excludes halogenated alkanes) is 32. The second-order valence-electron chi connectivity index (χ2n) is 32.8. The molecule has 0 aromatic rings. The van der Waals surface area contributed by atoms with Crippen molar-refractivity contribution >= 4 is 23.9 Å². The Kier molecular flexibility index (Phi) is 71.9. The molecule has 2 unspecified atom stereocenters. The van der Waals surface area contributed by atoms with Gasteiger partial charge >= 0.3 is 23.9 Å². The molecule has 0 radical (unpaired) electrons. The Hall–Kier alpha value is -2.28. The minimum absolute atomic E-state index is 0.876. The van der Waals surface area contributed by atoms with Crippen LogP contribution in [0.3, 0.4) is 0 Å². The molecule has 0 spiro atoms. The molecule has 0 bridgehead atoms. The molecule has 4 fully saturated rings. The fourth-order valence-electron chi connectivity index (χ4n) is 16.9. The zero-order valence-corrected chi connectivity index (χ0v) is 67.0. The highest BCUT2D eigenvalue weighted by Gasteiger charge is 2.37. The van der Waals surface area contributed by atoms with Crippen molar-refractivity contribution in [3.63, 3.8) is 0 Å². The first-order chi connectivity index (χ1) is 48.7. The topological polar surface area (TPSA) is 253 Å². The number of hydrogen-bond acceptors (Lipinski definition) is 8. The highest BCUT2D eigenvalue weighted by Crippen LogP contribution is 2.38. The molecule has 0 saturated heterocycles. The number of hydrogen-bond donors (Lipinski definition) is 8. The van der Waals surface area contributed by atoms with Gasteiger partial charge in [0.2, 0.25) is 0 Å². The van der Waals surface area contributed by atoms with Crippen molar-refractivity contribution in [1.82, 2.24) is 0 Å². The van der Waals surface area contributed by atoms with Crippen molar-refractivity contribution in [2.75, 3.05) is 26.2 Å². The Morgan fingerprint density at radius 1 is 0.230 bits per heavy atom. The minimum Gasteiger partial charge on any atom is -0.481 e. The summed E-state index contributed by atoms with van der Waals surface area (Å²) in [6.07, 6.45) is 91.3. The smallest absolute Gasteiger partial charge is 0.307 e. The molecule has 4 aliphatic carbocycles. The molecule has 4 rings (SSSR count). The molecule has 12 nitrogen and oxygen atoms in total. The molecule has 2 atom stereocenters. The van der Waals surface area contributed by atoms with Gasteiger partial charge in [-0.25, -0.2) is 0 Å². The van der Waals surface area contributed by atoms with Gasteiger partial charge in [0.1, 0.15) is 0 Å². The molecule has 0 aliphatic heterocycles. The van der Waals surface area contributed by atoms with E-state index in [1.165, 1.54) is 411 Å². The standard InChI is InChI=1S/4C20H41N.C8H10O8/c4*1-2-3-12-19-14-16-20(17-15-19)13-10-8-6-4-5-7-9-11-18-21;9-5(10)1-3(7(13)14)4(8(15)16)2-6(11)12/h4*19-20H,2-18,21H2,1H3;3-4H,1-2H2,(H,9,10)(H,11,12)(H,13,14)(H,15,16). The zero-order valence-electron chi connectivity index (χ0n) is 67.0. The molecule has 4 saturated carbocycles. The summed E-state index contributed by atoms with van der Waals surface area (Å²) in [6.45, 7) is 12.8. The number of carboxylic acids is 4. The Morgan fingerprint density at radius 2 is 0.360 bits per heavy atom. The summed E-state index contributed by atoms with van der Waals surface area (Å²) >= 11 is 0. The van der Waals surface area contributed by atoms with E-state index < -0.39 is 48.6 Å². The van der Waals surface area contributed by atoms with Crippen LogP contribution in [0.15, 0.2) is 0 Å². The Bertz CT molecular complexity index is 1520. The predicted octanol–water partition coefficient (Wildman–Crippen LogP) is 25.1. The van der Waals surface area contributed by atoms with Gasteiger partial charge in [0.15, 0.2) is 0 Å². The summed E-state index contributed by atoms with van der Waals surface area (Å²) in [5, 5.41) is 34.1. The fraction of sp³-hybridized carbons (Fsp3) is 0.955. The maximum atomic E-state index is 10.6. The van der Waals surface area contributed by atoms with Gasteiger partial charge in [-0.1, -0.05) is 413 Å². The van der Waals surface area contributed by atoms with Crippen molar-refractivity contribution in [2.24, 2.45) is 82.1 Å². The largest absolute Gasteiger partial charge is 0.481 e. The molecule has 12 heteroatoms. The van der Waals surface area contributed by atoms with E-state index in [9.17, 15) is 19.2 Å². The Balaban J connectivity index is 0.00000123. The van der Waals surface area contributed by atoms with Gasteiger partial charge < -0.3 is 43.4 Å². The second kappa shape index (κ2) is 73.6. The van der Waals surface area contributed by atoms with E-state index in [2.05, 4.69) is 27.7 Å². The maximum Gasteiger partial charge on any atom is 0.307 e. The first-order valence-electron chi connectivity index (χ1n) is 44.4. The molecule has 100 heavy (non-hydrogen) atoms. The summed E-state index contributed by atoms with van der Waals surface area (Å²) in [4.78, 5) is 41.9. The normalized spacial score (nSPS) is 21.2. The monoisotopic (exact) mass is 1420 g/mol. The molecule has 0 aromatic heterocycles. The molecular formula is C88H174N4O8. The van der Waals surface area contributed by atoms with Crippen LogP contribution in [0.4, 0.5) is 0 Å². The third-order valence-corrected chi connectivity index (χ3v) is 23.9. The fourth-order valence-corrected chi connectivity index (χ4v) is 16.9. The van der Waals surface area contributed by atoms with E-state index in [0.29, 0.717) is 0 Å². The van der Waals surface area contributed by atoms with E-state index in [1.807, 2.05) is 0 Å². The highest BCUT2D eigenvalue weighted by atomic mass is 16.4. The molecule has 0 heterocycles. The number of carbonyl (C=O) groups is 4. The lowest BCUT2D eigenvalue weighted by atomic mass is 9.78. The van der Waals surface area contributed by atoms with Crippen LogP contribution in [0.25, 0.3) is 0 Å². The number of rotatable bonds is 59. The summed E-state index contributed by atoms with van der Waals surface area (Å²) < 4.78 is 0. The van der Waals surface area contributed by atoms with Crippen LogP contribution < -0.4 is 22.9 Å². The minimum atomic E-state index is -1.76. The lowest BCUT2D eigenvalue weighted by Crippen LogP contribution is -2.33. The zero-order chi connectivity index (χ0) is 73.6. The Morgan fingerprint density at radius 3 is 0.480 bits per heavy atom. The van der Waals surface area contributed by atoms with Gasteiger partial charge in [-0.15, -0.1) is 0 Å². The summed E-state index contributed by atoms with van der Waals surface area (Å²) in [6, 6.07) is 0. The van der Waals surface area contributed by atoms with Crippen LogP contribution in [0, 0.1) is 59.2 Å². The third-order valence-electron chi connectivity index (χ3n) is 23.9. The van der Waals surface area contributed by atoms with Gasteiger partial charge in [-0.2, -0.15) is 0 Å². The van der Waals surface area contributed by atoms with Crippen molar-refractivity contribution in [1.29, 1.82) is 0 Å². The van der Waals surface area contributed by atoms with Crippen LogP contribution in [-0.2, 0) is 19.2 Å². The molecule has 594 valence electrons. The predicted molar refractivity (Wildman–Crippen MR) is 429 cm³/mol. The van der Waals surface area contributed by atoms with Gasteiger partial charge in [0, 0.05) is 0 Å².